The Hall–Kier alpha value is -1.32. The molecule has 1 heterocycles. The van der Waals surface area contributed by atoms with Crippen LogP contribution in [-0.2, 0) is 11.2 Å². The van der Waals surface area contributed by atoms with Crippen molar-refractivity contribution in [2.24, 2.45) is 0 Å². The number of allylic oxidation sites excluding steroid dienone is 1. The highest BCUT2D eigenvalue weighted by atomic mass is 16.5. The fraction of sp³-hybridized carbons (Fsp3) is 0.529. The first-order chi connectivity index (χ1) is 9.74. The van der Waals surface area contributed by atoms with Crippen LogP contribution in [0.4, 0.5) is 0 Å². The van der Waals surface area contributed by atoms with Gasteiger partial charge in [0.2, 0.25) is 0 Å². The van der Waals surface area contributed by atoms with Crippen LogP contribution in [0.25, 0.3) is 6.08 Å². The summed E-state index contributed by atoms with van der Waals surface area (Å²) in [6, 6.07) is 6.84. The van der Waals surface area contributed by atoms with E-state index < -0.39 is 0 Å². The minimum Gasteiger partial charge on any atom is -0.491 e. The molecule has 1 aliphatic heterocycles. The van der Waals surface area contributed by atoms with Gasteiger partial charge < -0.3 is 9.47 Å². The van der Waals surface area contributed by atoms with Gasteiger partial charge in [0.05, 0.1) is 6.61 Å². The van der Waals surface area contributed by atoms with E-state index in [1.165, 1.54) is 11.1 Å². The molecular formula is C17H23NO2. The zero-order valence-electron chi connectivity index (χ0n) is 12.3. The Morgan fingerprint density at radius 2 is 2.30 bits per heavy atom. The third kappa shape index (κ3) is 2.89. The third-order valence-corrected chi connectivity index (χ3v) is 4.11. The molecule has 1 saturated heterocycles. The molecule has 1 unspecified atom stereocenters. The van der Waals surface area contributed by atoms with E-state index in [-0.39, 0.29) is 6.10 Å². The van der Waals surface area contributed by atoms with Gasteiger partial charge in [0, 0.05) is 24.7 Å². The third-order valence-electron chi connectivity index (χ3n) is 4.11. The van der Waals surface area contributed by atoms with Crippen LogP contribution in [0.5, 0.6) is 5.75 Å². The molecule has 0 N–H and O–H groups in total. The number of rotatable bonds is 4. The SMILES string of the molecule is CC(C)N1CCOC(COc2cccc3c2CC=C3)C1. The Balaban J connectivity index is 1.59. The van der Waals surface area contributed by atoms with Crippen LogP contribution in [0.15, 0.2) is 24.3 Å². The minimum atomic E-state index is 0.177. The predicted octanol–water partition coefficient (Wildman–Crippen LogP) is 2.74. The van der Waals surface area contributed by atoms with Crippen LogP contribution in [-0.4, -0.2) is 43.3 Å². The second kappa shape index (κ2) is 5.98. The maximum atomic E-state index is 6.02. The van der Waals surface area contributed by atoms with Crippen LogP contribution in [0, 0.1) is 0 Å². The van der Waals surface area contributed by atoms with Crippen molar-refractivity contribution < 1.29 is 9.47 Å². The largest absolute Gasteiger partial charge is 0.491 e. The van der Waals surface area contributed by atoms with Gasteiger partial charge in [-0.1, -0.05) is 24.3 Å². The summed E-state index contributed by atoms with van der Waals surface area (Å²) in [6.07, 6.45) is 5.51. The summed E-state index contributed by atoms with van der Waals surface area (Å²) in [5.74, 6) is 1.01. The van der Waals surface area contributed by atoms with Gasteiger partial charge >= 0.3 is 0 Å². The van der Waals surface area contributed by atoms with E-state index in [0.29, 0.717) is 12.6 Å². The molecule has 1 aromatic carbocycles. The summed E-state index contributed by atoms with van der Waals surface area (Å²) in [5.41, 5.74) is 2.60. The summed E-state index contributed by atoms with van der Waals surface area (Å²) in [7, 11) is 0. The van der Waals surface area contributed by atoms with Crippen LogP contribution in [0.1, 0.15) is 25.0 Å². The molecule has 3 heteroatoms. The maximum absolute atomic E-state index is 6.02. The fourth-order valence-corrected chi connectivity index (χ4v) is 2.89. The van der Waals surface area contributed by atoms with E-state index >= 15 is 0 Å². The lowest BCUT2D eigenvalue weighted by Crippen LogP contribution is -2.47. The van der Waals surface area contributed by atoms with Gasteiger partial charge in [-0.15, -0.1) is 0 Å². The fourth-order valence-electron chi connectivity index (χ4n) is 2.89. The van der Waals surface area contributed by atoms with Crippen LogP contribution in [0.2, 0.25) is 0 Å². The molecule has 0 aromatic heterocycles. The lowest BCUT2D eigenvalue weighted by Gasteiger charge is -2.35. The van der Waals surface area contributed by atoms with Crippen LogP contribution in [0.3, 0.4) is 0 Å². The Morgan fingerprint density at radius 1 is 1.40 bits per heavy atom. The summed E-state index contributed by atoms with van der Waals surface area (Å²) in [5, 5.41) is 0. The first kappa shape index (κ1) is 13.7. The lowest BCUT2D eigenvalue weighted by atomic mass is 10.1. The van der Waals surface area contributed by atoms with Crippen molar-refractivity contribution in [3.05, 3.63) is 35.4 Å². The van der Waals surface area contributed by atoms with Crippen molar-refractivity contribution in [1.82, 2.24) is 4.90 Å². The van der Waals surface area contributed by atoms with Gasteiger partial charge in [-0.3, -0.25) is 4.90 Å². The highest BCUT2D eigenvalue weighted by molar-refractivity contribution is 5.63. The molecule has 108 valence electrons. The van der Waals surface area contributed by atoms with Gasteiger partial charge in [0.25, 0.3) is 0 Å². The average molecular weight is 273 g/mol. The number of nitrogens with zero attached hydrogens (tertiary/aromatic N) is 1. The molecule has 0 bridgehead atoms. The number of fused-ring (bicyclic) bond motifs is 1. The molecule has 2 aliphatic rings. The molecule has 3 nitrogen and oxygen atoms in total. The highest BCUT2D eigenvalue weighted by Gasteiger charge is 2.23. The Morgan fingerprint density at radius 3 is 3.15 bits per heavy atom. The quantitative estimate of drug-likeness (QED) is 0.842. The lowest BCUT2D eigenvalue weighted by molar-refractivity contribution is -0.0565. The highest BCUT2D eigenvalue weighted by Crippen LogP contribution is 2.29. The molecule has 0 saturated carbocycles. The smallest absolute Gasteiger partial charge is 0.123 e. The van der Waals surface area contributed by atoms with Crippen LogP contribution >= 0.6 is 0 Å². The molecule has 3 rings (SSSR count). The van der Waals surface area contributed by atoms with E-state index in [1.54, 1.807) is 0 Å². The average Bonchev–Trinajstić information content (AvgIpc) is 2.94. The second-order valence-corrected chi connectivity index (χ2v) is 5.82. The Kier molecular flexibility index (Phi) is 4.08. The molecular weight excluding hydrogens is 250 g/mol. The van der Waals surface area contributed by atoms with Gasteiger partial charge in [-0.2, -0.15) is 0 Å². The Labute approximate surface area is 121 Å². The van der Waals surface area contributed by atoms with Crippen molar-refractivity contribution >= 4 is 6.08 Å². The first-order valence-electron chi connectivity index (χ1n) is 7.51. The van der Waals surface area contributed by atoms with Gasteiger partial charge in [0.1, 0.15) is 18.5 Å². The van der Waals surface area contributed by atoms with E-state index in [2.05, 4.69) is 49.1 Å². The number of hydrogen-bond acceptors (Lipinski definition) is 3. The molecule has 0 spiro atoms. The van der Waals surface area contributed by atoms with Crippen molar-refractivity contribution in [2.45, 2.75) is 32.4 Å². The first-order valence-corrected chi connectivity index (χ1v) is 7.51. The minimum absolute atomic E-state index is 0.177. The van der Waals surface area contributed by atoms with Crippen molar-refractivity contribution in [3.63, 3.8) is 0 Å². The second-order valence-electron chi connectivity index (χ2n) is 5.82. The van der Waals surface area contributed by atoms with Gasteiger partial charge in [-0.25, -0.2) is 0 Å². The van der Waals surface area contributed by atoms with Crippen LogP contribution < -0.4 is 4.74 Å². The summed E-state index contributed by atoms with van der Waals surface area (Å²) < 4.78 is 11.8. The molecule has 1 aliphatic carbocycles. The van der Waals surface area contributed by atoms with Gasteiger partial charge in [0.15, 0.2) is 0 Å². The predicted molar refractivity (Wildman–Crippen MR) is 81.1 cm³/mol. The summed E-state index contributed by atoms with van der Waals surface area (Å²) >= 11 is 0. The number of ether oxygens (including phenoxy) is 2. The molecule has 1 atom stereocenters. The summed E-state index contributed by atoms with van der Waals surface area (Å²) in [6.45, 7) is 7.90. The van der Waals surface area contributed by atoms with E-state index in [4.69, 9.17) is 9.47 Å². The molecule has 1 fully saturated rings. The van der Waals surface area contributed by atoms with Gasteiger partial charge in [-0.05, 0) is 31.9 Å². The molecule has 20 heavy (non-hydrogen) atoms. The van der Waals surface area contributed by atoms with E-state index in [1.807, 2.05) is 0 Å². The zero-order chi connectivity index (χ0) is 13.9. The number of morpholine rings is 1. The molecule has 1 aromatic rings. The standard InChI is InChI=1S/C17H23NO2/c1-13(2)18-9-10-19-15(11-18)12-20-17-8-4-6-14-5-3-7-16(14)17/h3-6,8,13,15H,7,9-12H2,1-2H3. The number of hydrogen-bond donors (Lipinski definition) is 0. The Bertz CT molecular complexity index is 496. The van der Waals surface area contributed by atoms with Crippen molar-refractivity contribution in [1.29, 1.82) is 0 Å². The van der Waals surface area contributed by atoms with E-state index in [9.17, 15) is 0 Å². The maximum Gasteiger partial charge on any atom is 0.123 e. The zero-order valence-corrected chi connectivity index (χ0v) is 12.3. The van der Waals surface area contributed by atoms with Crippen molar-refractivity contribution in [2.75, 3.05) is 26.3 Å². The number of benzene rings is 1. The molecule has 0 radical (unpaired) electrons. The molecule has 0 amide bonds. The summed E-state index contributed by atoms with van der Waals surface area (Å²) in [4.78, 5) is 2.45. The topological polar surface area (TPSA) is 21.7 Å². The monoisotopic (exact) mass is 273 g/mol. The van der Waals surface area contributed by atoms with Crippen molar-refractivity contribution in [3.8, 4) is 5.75 Å². The normalized spacial score (nSPS) is 22.2. The van der Waals surface area contributed by atoms with E-state index in [0.717, 1.165) is 31.9 Å².